The Morgan fingerprint density at radius 2 is 1.23 bits per heavy atom. The van der Waals surface area contributed by atoms with Gasteiger partial charge in [-0.3, -0.25) is 4.98 Å². The zero-order chi connectivity index (χ0) is 16.5. The highest BCUT2D eigenvalue weighted by Crippen LogP contribution is 2.38. The average Bonchev–Trinajstić information content (AvgIpc) is 2.45. The molecule has 1 atom stereocenters. The standard InChI is InChI=1S/C14H9F6NO/c15-13(16,17)10-5-9(6-11(7-10)14(18,19)20)12(22)8-1-3-21-4-2-8/h1-7,12,22H. The van der Waals surface area contributed by atoms with Gasteiger partial charge in [-0.1, -0.05) is 0 Å². The van der Waals surface area contributed by atoms with E-state index in [9.17, 15) is 31.4 Å². The Hall–Kier alpha value is -2.09. The summed E-state index contributed by atoms with van der Waals surface area (Å²) in [5, 5.41) is 10.0. The lowest BCUT2D eigenvalue weighted by Crippen LogP contribution is -2.13. The molecule has 1 N–H and O–H groups in total. The number of benzene rings is 1. The van der Waals surface area contributed by atoms with Gasteiger partial charge in [0.15, 0.2) is 0 Å². The predicted octanol–water partition coefficient (Wildman–Crippen LogP) is 4.20. The van der Waals surface area contributed by atoms with E-state index >= 15 is 0 Å². The number of aliphatic hydroxyl groups excluding tert-OH is 1. The minimum atomic E-state index is -4.95. The lowest BCUT2D eigenvalue weighted by atomic mass is 9.97. The second kappa shape index (κ2) is 5.60. The molecule has 22 heavy (non-hydrogen) atoms. The van der Waals surface area contributed by atoms with E-state index < -0.39 is 35.1 Å². The lowest BCUT2D eigenvalue weighted by molar-refractivity contribution is -0.143. The van der Waals surface area contributed by atoms with Crippen LogP contribution in [0.2, 0.25) is 0 Å². The number of hydrogen-bond donors (Lipinski definition) is 1. The van der Waals surface area contributed by atoms with Crippen molar-refractivity contribution in [1.82, 2.24) is 4.98 Å². The molecule has 0 amide bonds. The summed E-state index contributed by atoms with van der Waals surface area (Å²) in [6, 6.07) is 3.62. The van der Waals surface area contributed by atoms with E-state index in [1.165, 1.54) is 24.5 Å². The van der Waals surface area contributed by atoms with Crippen LogP contribution in [-0.2, 0) is 12.4 Å². The molecule has 0 radical (unpaired) electrons. The fourth-order valence-corrected chi connectivity index (χ4v) is 1.88. The Morgan fingerprint density at radius 1 is 0.773 bits per heavy atom. The molecule has 0 fully saturated rings. The molecule has 0 aliphatic carbocycles. The van der Waals surface area contributed by atoms with E-state index in [4.69, 9.17) is 0 Å². The van der Waals surface area contributed by atoms with Crippen LogP contribution in [0.1, 0.15) is 28.4 Å². The van der Waals surface area contributed by atoms with Crippen molar-refractivity contribution in [3.8, 4) is 0 Å². The van der Waals surface area contributed by atoms with E-state index in [2.05, 4.69) is 4.98 Å². The van der Waals surface area contributed by atoms with Crippen molar-refractivity contribution < 1.29 is 31.4 Å². The van der Waals surface area contributed by atoms with Crippen molar-refractivity contribution in [1.29, 1.82) is 0 Å². The van der Waals surface area contributed by atoms with Gasteiger partial charge in [-0.2, -0.15) is 26.3 Å². The fraction of sp³-hybridized carbons (Fsp3) is 0.214. The fourth-order valence-electron chi connectivity index (χ4n) is 1.88. The van der Waals surface area contributed by atoms with Crippen molar-refractivity contribution >= 4 is 0 Å². The second-order valence-electron chi connectivity index (χ2n) is 4.52. The summed E-state index contributed by atoms with van der Waals surface area (Å²) in [4.78, 5) is 3.66. The molecule has 0 saturated heterocycles. The van der Waals surface area contributed by atoms with Crippen LogP contribution in [0.5, 0.6) is 0 Å². The third-order valence-corrected chi connectivity index (χ3v) is 2.95. The number of rotatable bonds is 2. The monoisotopic (exact) mass is 321 g/mol. The molecule has 118 valence electrons. The molecule has 2 nitrogen and oxygen atoms in total. The van der Waals surface area contributed by atoms with Crippen LogP contribution in [0.25, 0.3) is 0 Å². The van der Waals surface area contributed by atoms with Crippen molar-refractivity contribution in [2.24, 2.45) is 0 Å². The maximum Gasteiger partial charge on any atom is 0.416 e. The molecule has 0 aliphatic heterocycles. The Balaban J connectivity index is 2.56. The third kappa shape index (κ3) is 3.56. The molecule has 0 bridgehead atoms. The Morgan fingerprint density at radius 3 is 1.64 bits per heavy atom. The molecule has 1 unspecified atom stereocenters. The van der Waals surface area contributed by atoms with Gasteiger partial charge in [-0.15, -0.1) is 0 Å². The number of halogens is 6. The number of pyridine rings is 1. The van der Waals surface area contributed by atoms with Crippen LogP contribution in [0.4, 0.5) is 26.3 Å². The van der Waals surface area contributed by atoms with Crippen LogP contribution in [0.3, 0.4) is 0 Å². The summed E-state index contributed by atoms with van der Waals surface area (Å²) < 4.78 is 76.5. The van der Waals surface area contributed by atoms with Crippen molar-refractivity contribution in [2.45, 2.75) is 18.5 Å². The molecular formula is C14H9F6NO. The Labute approximate surface area is 121 Å². The summed E-state index contributed by atoms with van der Waals surface area (Å²) in [7, 11) is 0. The summed E-state index contributed by atoms with van der Waals surface area (Å²) >= 11 is 0. The van der Waals surface area contributed by atoms with Crippen LogP contribution >= 0.6 is 0 Å². The minimum absolute atomic E-state index is 0.0166. The van der Waals surface area contributed by atoms with Crippen LogP contribution < -0.4 is 0 Å². The highest BCUT2D eigenvalue weighted by atomic mass is 19.4. The first-order chi connectivity index (χ1) is 10.1. The van der Waals surface area contributed by atoms with Gasteiger partial charge in [0.1, 0.15) is 6.10 Å². The van der Waals surface area contributed by atoms with E-state index in [0.29, 0.717) is 12.1 Å². The first kappa shape index (κ1) is 16.3. The number of nitrogens with zero attached hydrogens (tertiary/aromatic N) is 1. The van der Waals surface area contributed by atoms with Gasteiger partial charge in [0.05, 0.1) is 11.1 Å². The molecule has 1 heterocycles. The molecule has 0 aliphatic rings. The van der Waals surface area contributed by atoms with Crippen LogP contribution in [0, 0.1) is 0 Å². The van der Waals surface area contributed by atoms with E-state index in [1.807, 2.05) is 0 Å². The normalized spacial score (nSPS) is 14.0. The topological polar surface area (TPSA) is 33.1 Å². The predicted molar refractivity (Wildman–Crippen MR) is 64.7 cm³/mol. The van der Waals surface area contributed by atoms with Crippen LogP contribution in [0.15, 0.2) is 42.7 Å². The summed E-state index contributed by atoms with van der Waals surface area (Å²) in [5.41, 5.74) is -3.29. The maximum absolute atomic E-state index is 12.7. The first-order valence-electron chi connectivity index (χ1n) is 5.96. The number of hydrogen-bond acceptors (Lipinski definition) is 2. The van der Waals surface area contributed by atoms with E-state index in [1.54, 1.807) is 0 Å². The number of alkyl halides is 6. The zero-order valence-electron chi connectivity index (χ0n) is 10.8. The molecule has 2 rings (SSSR count). The van der Waals surface area contributed by atoms with E-state index in [-0.39, 0.29) is 11.6 Å². The summed E-state index contributed by atoms with van der Waals surface area (Å²) in [5.74, 6) is 0. The SMILES string of the molecule is OC(c1ccncc1)c1cc(C(F)(F)F)cc(C(F)(F)F)c1. The Kier molecular flexibility index (Phi) is 4.15. The highest BCUT2D eigenvalue weighted by Gasteiger charge is 2.37. The van der Waals surface area contributed by atoms with E-state index in [0.717, 1.165) is 0 Å². The summed E-state index contributed by atoms with van der Waals surface area (Å²) in [6.07, 6.45) is -8.97. The lowest BCUT2D eigenvalue weighted by Gasteiger charge is -2.17. The minimum Gasteiger partial charge on any atom is -0.384 e. The number of aliphatic hydroxyl groups is 1. The molecule has 1 aromatic carbocycles. The molecule has 1 aromatic heterocycles. The quantitative estimate of drug-likeness (QED) is 0.841. The maximum atomic E-state index is 12.7. The van der Waals surface area contributed by atoms with Gasteiger partial charge in [0.25, 0.3) is 0 Å². The molecule has 2 aromatic rings. The smallest absolute Gasteiger partial charge is 0.384 e. The average molecular weight is 321 g/mol. The summed E-state index contributed by atoms with van der Waals surface area (Å²) in [6.45, 7) is 0. The zero-order valence-corrected chi connectivity index (χ0v) is 10.8. The molecule has 0 saturated carbocycles. The van der Waals surface area contributed by atoms with Gasteiger partial charge in [0.2, 0.25) is 0 Å². The molecule has 0 spiro atoms. The third-order valence-electron chi connectivity index (χ3n) is 2.95. The van der Waals surface area contributed by atoms with Crippen molar-refractivity contribution in [3.63, 3.8) is 0 Å². The van der Waals surface area contributed by atoms with Gasteiger partial charge < -0.3 is 5.11 Å². The van der Waals surface area contributed by atoms with Crippen molar-refractivity contribution in [2.75, 3.05) is 0 Å². The largest absolute Gasteiger partial charge is 0.416 e. The van der Waals surface area contributed by atoms with Crippen molar-refractivity contribution in [3.05, 3.63) is 65.0 Å². The number of aromatic nitrogens is 1. The van der Waals surface area contributed by atoms with Gasteiger partial charge in [-0.05, 0) is 41.5 Å². The van der Waals surface area contributed by atoms with Gasteiger partial charge in [-0.25, -0.2) is 0 Å². The molecular weight excluding hydrogens is 312 g/mol. The Bertz CT molecular complexity index is 618. The highest BCUT2D eigenvalue weighted by molar-refractivity contribution is 5.38. The molecule has 8 heteroatoms. The first-order valence-corrected chi connectivity index (χ1v) is 5.96. The van der Waals surface area contributed by atoms with Gasteiger partial charge in [0, 0.05) is 12.4 Å². The van der Waals surface area contributed by atoms with Gasteiger partial charge >= 0.3 is 12.4 Å². The van der Waals surface area contributed by atoms with Crippen LogP contribution in [-0.4, -0.2) is 10.1 Å². The second-order valence-corrected chi connectivity index (χ2v) is 4.52.